The Labute approximate surface area is 139 Å². The molecule has 1 atom stereocenters. The van der Waals surface area contributed by atoms with Gasteiger partial charge in [-0.1, -0.05) is 36.0 Å². The third kappa shape index (κ3) is 2.28. The molecule has 1 aromatic carbocycles. The second-order valence-electron chi connectivity index (χ2n) is 5.92. The van der Waals surface area contributed by atoms with Crippen LogP contribution in [0.5, 0.6) is 0 Å². The van der Waals surface area contributed by atoms with E-state index < -0.39 is 0 Å². The monoisotopic (exact) mass is 326 g/mol. The first kappa shape index (κ1) is 14.5. The summed E-state index contributed by atoms with van der Waals surface area (Å²) in [4.78, 5) is 17.2. The number of aromatic nitrogens is 3. The fourth-order valence-corrected chi connectivity index (χ4v) is 3.75. The van der Waals surface area contributed by atoms with Crippen LogP contribution >= 0.6 is 11.8 Å². The van der Waals surface area contributed by atoms with E-state index in [1.807, 2.05) is 23.1 Å². The van der Waals surface area contributed by atoms with Gasteiger partial charge in [0.1, 0.15) is 6.04 Å². The number of anilines is 1. The third-order valence-electron chi connectivity index (χ3n) is 4.51. The Bertz CT molecular complexity index is 824. The number of ketones is 1. The zero-order valence-electron chi connectivity index (χ0n) is 13.2. The summed E-state index contributed by atoms with van der Waals surface area (Å²) in [7, 11) is 0. The third-order valence-corrected chi connectivity index (χ3v) is 5.05. The van der Waals surface area contributed by atoms with E-state index in [4.69, 9.17) is 0 Å². The predicted octanol–water partition coefficient (Wildman–Crippen LogP) is 3.33. The van der Waals surface area contributed by atoms with E-state index in [1.165, 1.54) is 11.8 Å². The van der Waals surface area contributed by atoms with Crippen LogP contribution in [0.3, 0.4) is 0 Å². The summed E-state index contributed by atoms with van der Waals surface area (Å²) >= 11 is 1.51. The number of fused-ring (bicyclic) bond motifs is 1. The van der Waals surface area contributed by atoms with Crippen molar-refractivity contribution in [3.8, 4) is 0 Å². The quantitative estimate of drug-likeness (QED) is 0.858. The highest BCUT2D eigenvalue weighted by Gasteiger charge is 2.37. The molecule has 0 radical (unpaired) electrons. The van der Waals surface area contributed by atoms with Gasteiger partial charge in [0.15, 0.2) is 5.78 Å². The highest BCUT2D eigenvalue weighted by molar-refractivity contribution is 7.98. The SMILES string of the molecule is CSc1nc2n(n1)C(c1ccccc1C)C1=C(CCCC1=O)N2. The maximum Gasteiger partial charge on any atom is 0.227 e. The average molecular weight is 326 g/mol. The van der Waals surface area contributed by atoms with Crippen LogP contribution in [-0.2, 0) is 4.79 Å². The summed E-state index contributed by atoms with van der Waals surface area (Å²) in [6.45, 7) is 2.08. The Morgan fingerprint density at radius 3 is 2.91 bits per heavy atom. The summed E-state index contributed by atoms with van der Waals surface area (Å²) in [5, 5.41) is 8.67. The topological polar surface area (TPSA) is 59.8 Å². The Morgan fingerprint density at radius 1 is 1.30 bits per heavy atom. The van der Waals surface area contributed by atoms with Gasteiger partial charge in [-0.25, -0.2) is 4.68 Å². The summed E-state index contributed by atoms with van der Waals surface area (Å²) < 4.78 is 1.87. The van der Waals surface area contributed by atoms with Gasteiger partial charge in [-0.15, -0.1) is 5.10 Å². The number of carbonyl (C=O) groups excluding carboxylic acids is 1. The minimum atomic E-state index is -0.177. The number of aryl methyl sites for hydroxylation is 1. The summed E-state index contributed by atoms with van der Waals surface area (Å²) in [6.07, 6.45) is 4.37. The number of thioether (sulfide) groups is 1. The highest BCUT2D eigenvalue weighted by atomic mass is 32.2. The van der Waals surface area contributed by atoms with Crippen molar-refractivity contribution < 1.29 is 4.79 Å². The molecule has 2 aromatic rings. The second kappa shape index (κ2) is 5.53. The van der Waals surface area contributed by atoms with Gasteiger partial charge in [0.2, 0.25) is 11.1 Å². The Hall–Kier alpha value is -2.08. The first-order valence-electron chi connectivity index (χ1n) is 7.78. The zero-order valence-corrected chi connectivity index (χ0v) is 14.0. The fraction of sp³-hybridized carbons (Fsp3) is 0.353. The molecule has 1 aliphatic carbocycles. The summed E-state index contributed by atoms with van der Waals surface area (Å²) in [6, 6.07) is 8.03. The molecule has 1 aromatic heterocycles. The van der Waals surface area contributed by atoms with E-state index in [-0.39, 0.29) is 11.8 Å². The number of benzene rings is 1. The van der Waals surface area contributed by atoms with E-state index in [0.717, 1.165) is 46.3 Å². The maximum atomic E-state index is 12.6. The molecular formula is C17H18N4OS. The number of rotatable bonds is 2. The molecule has 1 aliphatic heterocycles. The Balaban J connectivity index is 1.95. The predicted molar refractivity (Wildman–Crippen MR) is 90.6 cm³/mol. The van der Waals surface area contributed by atoms with Gasteiger partial charge >= 0.3 is 0 Å². The minimum Gasteiger partial charge on any atom is -0.328 e. The van der Waals surface area contributed by atoms with E-state index in [9.17, 15) is 4.79 Å². The molecule has 5 nitrogen and oxygen atoms in total. The number of carbonyl (C=O) groups is 1. The van der Waals surface area contributed by atoms with Gasteiger partial charge in [0, 0.05) is 17.7 Å². The zero-order chi connectivity index (χ0) is 16.0. The van der Waals surface area contributed by atoms with Crippen molar-refractivity contribution >= 4 is 23.5 Å². The van der Waals surface area contributed by atoms with E-state index >= 15 is 0 Å². The van der Waals surface area contributed by atoms with Crippen LogP contribution in [0.2, 0.25) is 0 Å². The fourth-order valence-electron chi connectivity index (χ4n) is 3.40. The number of hydrogen-bond donors (Lipinski definition) is 1. The van der Waals surface area contributed by atoms with E-state index in [1.54, 1.807) is 0 Å². The summed E-state index contributed by atoms with van der Waals surface area (Å²) in [5.74, 6) is 0.954. The van der Waals surface area contributed by atoms with Crippen molar-refractivity contribution in [1.82, 2.24) is 14.8 Å². The molecular weight excluding hydrogens is 308 g/mol. The van der Waals surface area contributed by atoms with E-state index in [0.29, 0.717) is 6.42 Å². The molecule has 1 unspecified atom stereocenters. The van der Waals surface area contributed by atoms with Gasteiger partial charge in [-0.3, -0.25) is 4.79 Å². The van der Waals surface area contributed by atoms with Crippen molar-refractivity contribution in [3.05, 3.63) is 46.7 Å². The minimum absolute atomic E-state index is 0.177. The molecule has 4 rings (SSSR count). The van der Waals surface area contributed by atoms with Gasteiger partial charge in [-0.05, 0) is 37.1 Å². The molecule has 0 fully saturated rings. The Morgan fingerprint density at radius 2 is 2.13 bits per heavy atom. The largest absolute Gasteiger partial charge is 0.328 e. The number of nitrogens with zero attached hydrogens (tertiary/aromatic N) is 3. The lowest BCUT2D eigenvalue weighted by Crippen LogP contribution is -2.31. The lowest BCUT2D eigenvalue weighted by molar-refractivity contribution is -0.116. The van der Waals surface area contributed by atoms with Gasteiger partial charge in [-0.2, -0.15) is 4.98 Å². The lowest BCUT2D eigenvalue weighted by Gasteiger charge is -2.32. The number of Topliss-reactive ketones (excluding diaryl/α,β-unsaturated/α-hetero) is 1. The van der Waals surface area contributed by atoms with Crippen molar-refractivity contribution in [2.24, 2.45) is 0 Å². The number of hydrogen-bond acceptors (Lipinski definition) is 5. The molecule has 2 aliphatic rings. The molecule has 0 amide bonds. The van der Waals surface area contributed by atoms with Crippen LogP contribution in [0, 0.1) is 6.92 Å². The van der Waals surface area contributed by atoms with Crippen LogP contribution in [0.15, 0.2) is 40.7 Å². The molecule has 0 bridgehead atoms. The van der Waals surface area contributed by atoms with E-state index in [2.05, 4.69) is 34.5 Å². The van der Waals surface area contributed by atoms with Crippen molar-refractivity contribution in [2.75, 3.05) is 11.6 Å². The van der Waals surface area contributed by atoms with Crippen molar-refractivity contribution in [2.45, 2.75) is 37.4 Å². The Kier molecular flexibility index (Phi) is 3.49. The number of nitrogens with one attached hydrogen (secondary N) is 1. The van der Waals surface area contributed by atoms with Gasteiger partial charge in [0.25, 0.3) is 0 Å². The molecule has 1 N–H and O–H groups in total. The second-order valence-corrected chi connectivity index (χ2v) is 6.69. The number of allylic oxidation sites excluding steroid dienone is 2. The van der Waals surface area contributed by atoms with Gasteiger partial charge < -0.3 is 5.32 Å². The first-order valence-corrected chi connectivity index (χ1v) is 9.01. The lowest BCUT2D eigenvalue weighted by atomic mass is 9.84. The molecule has 6 heteroatoms. The maximum absolute atomic E-state index is 12.6. The van der Waals surface area contributed by atoms with Crippen LogP contribution < -0.4 is 5.32 Å². The van der Waals surface area contributed by atoms with Crippen LogP contribution in [0.25, 0.3) is 0 Å². The molecule has 118 valence electrons. The van der Waals surface area contributed by atoms with Crippen LogP contribution in [0.4, 0.5) is 5.95 Å². The van der Waals surface area contributed by atoms with Gasteiger partial charge in [0.05, 0.1) is 0 Å². The normalized spacial score (nSPS) is 20.1. The molecule has 0 saturated heterocycles. The van der Waals surface area contributed by atoms with Crippen molar-refractivity contribution in [3.63, 3.8) is 0 Å². The average Bonchev–Trinajstić information content (AvgIpc) is 2.97. The molecule has 0 saturated carbocycles. The van der Waals surface area contributed by atoms with Crippen molar-refractivity contribution in [1.29, 1.82) is 0 Å². The molecule has 0 spiro atoms. The smallest absolute Gasteiger partial charge is 0.227 e. The van der Waals surface area contributed by atoms with Crippen LogP contribution in [0.1, 0.15) is 36.4 Å². The summed E-state index contributed by atoms with van der Waals surface area (Å²) in [5.41, 5.74) is 4.16. The molecule has 23 heavy (non-hydrogen) atoms. The molecule has 2 heterocycles. The first-order chi connectivity index (χ1) is 11.2. The standard InChI is InChI=1S/C17H18N4OS/c1-10-6-3-4-7-11(10)15-14-12(8-5-9-13(14)22)18-16-19-17(23-2)20-21(15)16/h3-4,6-7,15H,5,8-9H2,1-2H3,(H,18,19,20). The highest BCUT2D eigenvalue weighted by Crippen LogP contribution is 2.41. The van der Waals surface area contributed by atoms with Crippen LogP contribution in [-0.4, -0.2) is 26.8 Å².